The van der Waals surface area contributed by atoms with Gasteiger partial charge in [-0.05, 0) is 60.3 Å². The normalized spacial score (nSPS) is 18.3. The van der Waals surface area contributed by atoms with Crippen molar-refractivity contribution in [1.29, 1.82) is 0 Å². The highest BCUT2D eigenvalue weighted by Crippen LogP contribution is 2.31. The van der Waals surface area contributed by atoms with Crippen LogP contribution in [0.3, 0.4) is 0 Å². The van der Waals surface area contributed by atoms with Gasteiger partial charge in [0.1, 0.15) is 24.7 Å². The summed E-state index contributed by atoms with van der Waals surface area (Å²) in [5.41, 5.74) is 0.617. The molecule has 1 aliphatic heterocycles. The molecule has 0 saturated carbocycles. The largest absolute Gasteiger partial charge is 0.488 e. The number of carbonyl (C=O) groups excluding carboxylic acids is 2. The quantitative estimate of drug-likeness (QED) is 0.399. The summed E-state index contributed by atoms with van der Waals surface area (Å²) in [5.74, 6) is -0.565. The van der Waals surface area contributed by atoms with Gasteiger partial charge in [-0.15, -0.1) is 5.10 Å². The van der Waals surface area contributed by atoms with E-state index >= 15 is 0 Å². The number of hydrogen-bond donors (Lipinski definition) is 2. The summed E-state index contributed by atoms with van der Waals surface area (Å²) in [6.45, 7) is 4.44. The summed E-state index contributed by atoms with van der Waals surface area (Å²) in [7, 11) is 1.84. The summed E-state index contributed by atoms with van der Waals surface area (Å²) in [5, 5.41) is 23.2. The zero-order valence-electron chi connectivity index (χ0n) is 22.9. The molecular formula is C27H32F3N7O4. The van der Waals surface area contributed by atoms with E-state index in [1.54, 1.807) is 24.0 Å². The van der Waals surface area contributed by atoms with Gasteiger partial charge in [-0.1, -0.05) is 19.1 Å². The molecule has 14 heteroatoms. The number of ether oxygens (including phenoxy) is 1. The predicted octanol–water partition coefficient (Wildman–Crippen LogP) is 2.68. The molecule has 4 rings (SSSR count). The Kier molecular flexibility index (Phi) is 9.23. The van der Waals surface area contributed by atoms with Crippen LogP contribution in [0.1, 0.15) is 35.3 Å². The fourth-order valence-corrected chi connectivity index (χ4v) is 4.60. The summed E-state index contributed by atoms with van der Waals surface area (Å²) in [6.07, 6.45) is -3.48. The molecule has 1 aromatic heterocycles. The first kappa shape index (κ1) is 29.9. The zero-order valence-corrected chi connectivity index (χ0v) is 22.9. The summed E-state index contributed by atoms with van der Waals surface area (Å²) >= 11 is 0. The summed E-state index contributed by atoms with van der Waals surface area (Å²) in [4.78, 5) is 29.6. The van der Waals surface area contributed by atoms with Crippen LogP contribution in [-0.2, 0) is 24.1 Å². The third kappa shape index (κ3) is 7.58. The number of alkyl halides is 3. The van der Waals surface area contributed by atoms with E-state index in [1.807, 2.05) is 18.9 Å². The van der Waals surface area contributed by atoms with Crippen molar-refractivity contribution in [3.05, 3.63) is 65.5 Å². The van der Waals surface area contributed by atoms with E-state index in [2.05, 4.69) is 20.8 Å². The lowest BCUT2D eigenvalue weighted by Crippen LogP contribution is -2.49. The fraction of sp³-hybridized carbons (Fsp3) is 0.444. The second kappa shape index (κ2) is 12.6. The van der Waals surface area contributed by atoms with Gasteiger partial charge >= 0.3 is 6.18 Å². The number of benzene rings is 2. The molecule has 2 heterocycles. The van der Waals surface area contributed by atoms with E-state index in [0.29, 0.717) is 36.6 Å². The first-order chi connectivity index (χ1) is 19.4. The van der Waals surface area contributed by atoms with Crippen LogP contribution in [0, 0.1) is 5.92 Å². The van der Waals surface area contributed by atoms with Crippen LogP contribution < -0.4 is 10.1 Å². The second-order valence-corrected chi connectivity index (χ2v) is 10.3. The van der Waals surface area contributed by atoms with Crippen LogP contribution in [0.15, 0.2) is 48.8 Å². The number of halogens is 3. The first-order valence-electron chi connectivity index (χ1n) is 13.0. The van der Waals surface area contributed by atoms with Crippen LogP contribution in [0.4, 0.5) is 18.9 Å². The Morgan fingerprint density at radius 2 is 1.98 bits per heavy atom. The summed E-state index contributed by atoms with van der Waals surface area (Å²) in [6, 6.07) is 9.33. The lowest BCUT2D eigenvalue weighted by molar-refractivity contribution is -0.137. The Morgan fingerprint density at radius 3 is 2.61 bits per heavy atom. The average Bonchev–Trinajstić information content (AvgIpc) is 3.43. The maximum Gasteiger partial charge on any atom is 0.416 e. The number of tetrazole rings is 1. The highest BCUT2D eigenvalue weighted by Gasteiger charge is 2.34. The molecule has 2 aromatic carbocycles. The Bertz CT molecular complexity index is 1340. The van der Waals surface area contributed by atoms with Gasteiger partial charge in [0.2, 0.25) is 5.91 Å². The smallest absolute Gasteiger partial charge is 0.416 e. The van der Waals surface area contributed by atoms with Crippen molar-refractivity contribution in [3.63, 3.8) is 0 Å². The molecule has 0 unspecified atom stereocenters. The maximum absolute atomic E-state index is 13.6. The SMILES string of the molecule is C[C@@H]1CN([C@H](C)CO)C(=O)c2cc(NC(=O)Cn3cnnn3)ccc2O[C@@H]1CN(C)Cc1ccc(C(F)(F)F)cc1. The van der Waals surface area contributed by atoms with E-state index in [4.69, 9.17) is 4.74 Å². The van der Waals surface area contributed by atoms with Gasteiger partial charge in [0.25, 0.3) is 5.91 Å². The number of aliphatic hydroxyl groups is 1. The highest BCUT2D eigenvalue weighted by atomic mass is 19.4. The van der Waals surface area contributed by atoms with Crippen molar-refractivity contribution in [2.24, 2.45) is 5.92 Å². The van der Waals surface area contributed by atoms with Crippen molar-refractivity contribution in [2.45, 2.75) is 45.3 Å². The minimum atomic E-state index is -4.40. The van der Waals surface area contributed by atoms with E-state index in [0.717, 1.165) is 12.1 Å². The minimum absolute atomic E-state index is 0.118. The number of carbonyl (C=O) groups is 2. The number of amides is 2. The van der Waals surface area contributed by atoms with Crippen LogP contribution >= 0.6 is 0 Å². The van der Waals surface area contributed by atoms with Gasteiger partial charge < -0.3 is 20.1 Å². The number of fused-ring (bicyclic) bond motifs is 1. The number of anilines is 1. The van der Waals surface area contributed by atoms with E-state index < -0.39 is 29.8 Å². The van der Waals surface area contributed by atoms with E-state index in [9.17, 15) is 27.9 Å². The summed E-state index contributed by atoms with van der Waals surface area (Å²) < 4.78 is 46.4. The monoisotopic (exact) mass is 575 g/mol. The molecule has 0 saturated heterocycles. The molecule has 3 aromatic rings. The molecule has 0 spiro atoms. The van der Waals surface area contributed by atoms with Crippen LogP contribution in [0.25, 0.3) is 0 Å². The number of nitrogens with one attached hydrogen (secondary N) is 1. The first-order valence-corrected chi connectivity index (χ1v) is 13.0. The number of aliphatic hydroxyl groups excluding tert-OH is 1. The number of nitrogens with zero attached hydrogens (tertiary/aromatic N) is 6. The number of rotatable bonds is 9. The number of aromatic nitrogens is 4. The predicted molar refractivity (Wildman–Crippen MR) is 142 cm³/mol. The number of likely N-dealkylation sites (N-methyl/N-ethyl adjacent to an activating group) is 1. The maximum atomic E-state index is 13.6. The average molecular weight is 576 g/mol. The molecule has 11 nitrogen and oxygen atoms in total. The van der Waals surface area contributed by atoms with E-state index in [1.165, 1.54) is 29.2 Å². The van der Waals surface area contributed by atoms with Crippen molar-refractivity contribution in [2.75, 3.05) is 32.1 Å². The Hall–Kier alpha value is -4.04. The Labute approximate surface area is 234 Å². The minimum Gasteiger partial charge on any atom is -0.488 e. The third-order valence-electron chi connectivity index (χ3n) is 6.87. The standard InChI is InChI=1S/C27H32F3N7O4/c1-17-11-37(18(2)15-38)26(40)22-10-21(32-25(39)14-36-16-31-33-34-36)8-9-23(22)41-24(17)13-35(3)12-19-4-6-20(7-5-19)27(28,29)30/h4-10,16-18,24,38H,11-15H2,1-3H3,(H,32,39)/t17-,18-,24-/m1/s1. The van der Waals surface area contributed by atoms with E-state index in [-0.39, 0.29) is 30.5 Å². The molecule has 1 aliphatic rings. The van der Waals surface area contributed by atoms with Crippen molar-refractivity contribution in [1.82, 2.24) is 30.0 Å². The topological polar surface area (TPSA) is 126 Å². The van der Waals surface area contributed by atoms with Crippen LogP contribution in [0.2, 0.25) is 0 Å². The molecular weight excluding hydrogens is 543 g/mol. The van der Waals surface area contributed by atoms with Gasteiger partial charge in [0, 0.05) is 31.2 Å². The second-order valence-electron chi connectivity index (χ2n) is 10.3. The van der Waals surface area contributed by atoms with Gasteiger partial charge in [0.15, 0.2) is 0 Å². The molecule has 41 heavy (non-hydrogen) atoms. The van der Waals surface area contributed by atoms with Crippen molar-refractivity contribution >= 4 is 17.5 Å². The Morgan fingerprint density at radius 1 is 1.24 bits per heavy atom. The zero-order chi connectivity index (χ0) is 29.7. The van der Waals surface area contributed by atoms with Gasteiger partial charge in [-0.2, -0.15) is 13.2 Å². The van der Waals surface area contributed by atoms with Crippen LogP contribution in [-0.4, -0.2) is 85.8 Å². The molecule has 0 radical (unpaired) electrons. The lowest BCUT2D eigenvalue weighted by Gasteiger charge is -2.38. The van der Waals surface area contributed by atoms with Crippen LogP contribution in [0.5, 0.6) is 5.75 Å². The lowest BCUT2D eigenvalue weighted by atomic mass is 9.99. The van der Waals surface area contributed by atoms with Gasteiger partial charge in [-0.3, -0.25) is 14.5 Å². The van der Waals surface area contributed by atoms with Crippen molar-refractivity contribution in [3.8, 4) is 5.75 Å². The van der Waals surface area contributed by atoms with Gasteiger partial charge in [0.05, 0.1) is 23.8 Å². The molecule has 0 aliphatic carbocycles. The molecule has 2 N–H and O–H groups in total. The molecule has 3 atom stereocenters. The van der Waals surface area contributed by atoms with Crippen molar-refractivity contribution < 1.29 is 32.6 Å². The molecule has 0 fully saturated rings. The number of hydrogen-bond acceptors (Lipinski definition) is 8. The molecule has 220 valence electrons. The fourth-order valence-electron chi connectivity index (χ4n) is 4.60. The molecule has 2 amide bonds. The third-order valence-corrected chi connectivity index (χ3v) is 6.87. The van der Waals surface area contributed by atoms with Gasteiger partial charge in [-0.25, -0.2) is 4.68 Å². The molecule has 0 bridgehead atoms. The highest BCUT2D eigenvalue weighted by molar-refractivity contribution is 5.99. The Balaban J connectivity index is 1.53.